The van der Waals surface area contributed by atoms with Gasteiger partial charge in [0, 0.05) is 18.6 Å². The topological polar surface area (TPSA) is 39.9 Å². The van der Waals surface area contributed by atoms with Crippen molar-refractivity contribution in [2.24, 2.45) is 7.05 Å². The van der Waals surface area contributed by atoms with Gasteiger partial charge in [-0.3, -0.25) is 0 Å². The molecule has 0 aliphatic carbocycles. The zero-order chi connectivity index (χ0) is 14.1. The Labute approximate surface area is 122 Å². The van der Waals surface area contributed by atoms with E-state index in [9.17, 15) is 0 Å². The number of fused-ring (bicyclic) bond motifs is 1. The van der Waals surface area contributed by atoms with Crippen LogP contribution in [0.3, 0.4) is 0 Å². The minimum absolute atomic E-state index is 0.492. The summed E-state index contributed by atoms with van der Waals surface area (Å²) in [5.74, 6) is 0.639. The van der Waals surface area contributed by atoms with Crippen molar-refractivity contribution in [3.05, 3.63) is 41.8 Å². The van der Waals surface area contributed by atoms with E-state index in [1.807, 2.05) is 32.2 Å². The molecule has 0 atom stereocenters. The molecule has 0 radical (unpaired) electrons. The van der Waals surface area contributed by atoms with Crippen LogP contribution in [0, 0.1) is 0 Å². The van der Waals surface area contributed by atoms with Gasteiger partial charge < -0.3 is 9.30 Å². The van der Waals surface area contributed by atoms with Crippen molar-refractivity contribution in [1.29, 1.82) is 0 Å². The van der Waals surface area contributed by atoms with Crippen LogP contribution in [-0.4, -0.2) is 21.1 Å². The Balaban J connectivity index is 2.22. The molecule has 0 saturated carbocycles. The van der Waals surface area contributed by atoms with Gasteiger partial charge in [-0.2, -0.15) is 0 Å². The summed E-state index contributed by atoms with van der Waals surface area (Å²) in [7, 11) is 2.00. The van der Waals surface area contributed by atoms with Gasteiger partial charge in [0.2, 0.25) is 5.88 Å². The van der Waals surface area contributed by atoms with Crippen LogP contribution in [0.5, 0.6) is 5.88 Å². The Kier molecular flexibility index (Phi) is 3.32. The standard InChI is InChI=1S/C15H14ClN3O/c1-3-20-15-11(5-4-6-17-15)12-7-10-8-14(16)18-9-13(10)19(12)2/h4-9H,3H2,1-2H3. The second-order valence-electron chi connectivity index (χ2n) is 4.44. The van der Waals surface area contributed by atoms with E-state index < -0.39 is 0 Å². The van der Waals surface area contributed by atoms with Gasteiger partial charge in [-0.05, 0) is 31.2 Å². The summed E-state index contributed by atoms with van der Waals surface area (Å²) in [6, 6.07) is 7.83. The Morgan fingerprint density at radius 3 is 2.95 bits per heavy atom. The Morgan fingerprint density at radius 1 is 1.30 bits per heavy atom. The third-order valence-electron chi connectivity index (χ3n) is 3.22. The van der Waals surface area contributed by atoms with Crippen LogP contribution in [0.2, 0.25) is 5.15 Å². The lowest BCUT2D eigenvalue weighted by Gasteiger charge is -2.09. The quantitative estimate of drug-likeness (QED) is 0.690. The average molecular weight is 288 g/mol. The van der Waals surface area contributed by atoms with Gasteiger partial charge in [-0.1, -0.05) is 11.6 Å². The Morgan fingerprint density at radius 2 is 2.15 bits per heavy atom. The van der Waals surface area contributed by atoms with Crippen LogP contribution in [0.15, 0.2) is 36.7 Å². The summed E-state index contributed by atoms with van der Waals surface area (Å²) in [6.07, 6.45) is 3.51. The number of pyridine rings is 2. The monoisotopic (exact) mass is 287 g/mol. The molecule has 0 aliphatic rings. The smallest absolute Gasteiger partial charge is 0.222 e. The maximum absolute atomic E-state index is 5.95. The van der Waals surface area contributed by atoms with Crippen LogP contribution in [0.1, 0.15) is 6.92 Å². The summed E-state index contributed by atoms with van der Waals surface area (Å²) < 4.78 is 7.67. The fourth-order valence-corrected chi connectivity index (χ4v) is 2.47. The van der Waals surface area contributed by atoms with E-state index in [-0.39, 0.29) is 0 Å². The third kappa shape index (κ3) is 2.12. The number of halogens is 1. The van der Waals surface area contributed by atoms with E-state index in [2.05, 4.69) is 20.6 Å². The fourth-order valence-electron chi connectivity index (χ4n) is 2.30. The molecule has 0 aromatic carbocycles. The van der Waals surface area contributed by atoms with Crippen molar-refractivity contribution in [2.75, 3.05) is 6.61 Å². The van der Waals surface area contributed by atoms with Crippen LogP contribution >= 0.6 is 11.6 Å². The number of hydrogen-bond acceptors (Lipinski definition) is 3. The van der Waals surface area contributed by atoms with Gasteiger partial charge in [-0.15, -0.1) is 0 Å². The summed E-state index contributed by atoms with van der Waals surface area (Å²) in [4.78, 5) is 8.43. The van der Waals surface area contributed by atoms with Crippen LogP contribution < -0.4 is 4.74 Å². The maximum atomic E-state index is 5.95. The predicted molar refractivity (Wildman–Crippen MR) is 80.1 cm³/mol. The largest absolute Gasteiger partial charge is 0.477 e. The van der Waals surface area contributed by atoms with E-state index >= 15 is 0 Å². The van der Waals surface area contributed by atoms with E-state index in [0.717, 1.165) is 22.2 Å². The molecule has 102 valence electrons. The van der Waals surface area contributed by atoms with Crippen LogP contribution in [0.4, 0.5) is 0 Å². The highest BCUT2D eigenvalue weighted by molar-refractivity contribution is 6.30. The summed E-state index contributed by atoms with van der Waals surface area (Å²) in [5, 5.41) is 1.54. The van der Waals surface area contributed by atoms with E-state index in [0.29, 0.717) is 17.6 Å². The van der Waals surface area contributed by atoms with Crippen molar-refractivity contribution in [2.45, 2.75) is 6.92 Å². The minimum atomic E-state index is 0.492. The highest BCUT2D eigenvalue weighted by atomic mass is 35.5. The first kappa shape index (κ1) is 12.9. The number of ether oxygens (including phenoxy) is 1. The van der Waals surface area contributed by atoms with E-state index in [1.54, 1.807) is 12.4 Å². The lowest BCUT2D eigenvalue weighted by Crippen LogP contribution is -1.99. The second kappa shape index (κ2) is 5.13. The Hall–Kier alpha value is -2.07. The van der Waals surface area contributed by atoms with Gasteiger partial charge in [0.1, 0.15) is 5.15 Å². The first-order valence-corrected chi connectivity index (χ1v) is 6.77. The molecule has 3 rings (SSSR count). The molecule has 3 aromatic rings. The first-order valence-electron chi connectivity index (χ1n) is 6.40. The SMILES string of the molecule is CCOc1ncccc1-c1cc2cc(Cl)ncc2n1C. The lowest BCUT2D eigenvalue weighted by molar-refractivity contribution is 0.328. The van der Waals surface area contributed by atoms with Gasteiger partial charge in [-0.25, -0.2) is 9.97 Å². The fraction of sp³-hybridized carbons (Fsp3) is 0.200. The maximum Gasteiger partial charge on any atom is 0.222 e. The normalized spacial score (nSPS) is 10.9. The van der Waals surface area contributed by atoms with Gasteiger partial charge >= 0.3 is 0 Å². The van der Waals surface area contributed by atoms with Crippen molar-refractivity contribution >= 4 is 22.5 Å². The first-order chi connectivity index (χ1) is 9.70. The zero-order valence-electron chi connectivity index (χ0n) is 11.3. The van der Waals surface area contributed by atoms with Gasteiger partial charge in [0.25, 0.3) is 0 Å². The van der Waals surface area contributed by atoms with Crippen LogP contribution in [0.25, 0.3) is 22.2 Å². The summed E-state index contributed by atoms with van der Waals surface area (Å²) >= 11 is 5.95. The molecular weight excluding hydrogens is 274 g/mol. The average Bonchev–Trinajstić information content (AvgIpc) is 2.76. The number of aryl methyl sites for hydroxylation is 1. The number of nitrogens with zero attached hydrogens (tertiary/aromatic N) is 3. The van der Waals surface area contributed by atoms with Crippen LogP contribution in [-0.2, 0) is 7.05 Å². The number of rotatable bonds is 3. The molecule has 0 fully saturated rings. The molecule has 0 unspecified atom stereocenters. The molecule has 0 bridgehead atoms. The molecule has 3 heterocycles. The molecular formula is C15H14ClN3O. The van der Waals surface area contributed by atoms with Crippen molar-refractivity contribution < 1.29 is 4.74 Å². The molecule has 5 heteroatoms. The van der Waals surface area contributed by atoms with Crippen molar-refractivity contribution in [3.63, 3.8) is 0 Å². The molecule has 0 saturated heterocycles. The molecule has 4 nitrogen and oxygen atoms in total. The molecule has 0 N–H and O–H groups in total. The van der Waals surface area contributed by atoms with Gasteiger partial charge in [0.05, 0.1) is 29.6 Å². The second-order valence-corrected chi connectivity index (χ2v) is 4.83. The highest BCUT2D eigenvalue weighted by Crippen LogP contribution is 2.32. The number of hydrogen-bond donors (Lipinski definition) is 0. The molecule has 0 amide bonds. The lowest BCUT2D eigenvalue weighted by atomic mass is 10.2. The van der Waals surface area contributed by atoms with Gasteiger partial charge in [0.15, 0.2) is 0 Å². The third-order valence-corrected chi connectivity index (χ3v) is 3.43. The Bertz CT molecular complexity index is 767. The van der Waals surface area contributed by atoms with E-state index in [4.69, 9.17) is 16.3 Å². The minimum Gasteiger partial charge on any atom is -0.477 e. The highest BCUT2D eigenvalue weighted by Gasteiger charge is 2.13. The predicted octanol–water partition coefficient (Wildman–Crippen LogP) is 3.69. The molecule has 0 spiro atoms. The zero-order valence-corrected chi connectivity index (χ0v) is 12.1. The number of aromatic nitrogens is 3. The van der Waals surface area contributed by atoms with Crippen molar-refractivity contribution in [1.82, 2.24) is 14.5 Å². The molecule has 3 aromatic heterocycles. The van der Waals surface area contributed by atoms with Crippen molar-refractivity contribution in [3.8, 4) is 17.1 Å². The van der Waals surface area contributed by atoms with E-state index in [1.165, 1.54) is 0 Å². The summed E-state index contributed by atoms with van der Waals surface area (Å²) in [6.45, 7) is 2.53. The summed E-state index contributed by atoms with van der Waals surface area (Å²) in [5.41, 5.74) is 3.01. The molecule has 0 aliphatic heterocycles. The molecule has 20 heavy (non-hydrogen) atoms.